The monoisotopic (exact) mass is 469 g/mol. The number of anilines is 1. The molecule has 33 heavy (non-hydrogen) atoms. The van der Waals surface area contributed by atoms with Crippen molar-refractivity contribution in [2.45, 2.75) is 31.5 Å². The van der Waals surface area contributed by atoms with Gasteiger partial charge in [-0.1, -0.05) is 0 Å². The van der Waals surface area contributed by atoms with Crippen LogP contribution >= 0.6 is 0 Å². The third kappa shape index (κ3) is 4.71. The Balaban J connectivity index is 2.55. The molecule has 0 amide bonds. The van der Waals surface area contributed by atoms with E-state index in [0.29, 0.717) is 0 Å². The quantitative estimate of drug-likeness (QED) is 0.494. The van der Waals surface area contributed by atoms with Crippen LogP contribution in [-0.2, 0) is 5.60 Å². The van der Waals surface area contributed by atoms with Crippen LogP contribution in [-0.4, -0.2) is 32.4 Å². The molecule has 0 spiro atoms. The van der Waals surface area contributed by atoms with Crippen LogP contribution in [0.1, 0.15) is 31.0 Å². The topological polar surface area (TPSA) is 120 Å². The summed E-state index contributed by atoms with van der Waals surface area (Å²) in [7, 11) is 0. The van der Waals surface area contributed by atoms with Gasteiger partial charge in [-0.25, -0.2) is 18.6 Å². The molecule has 0 aliphatic carbocycles. The van der Waals surface area contributed by atoms with E-state index in [9.17, 15) is 27.5 Å². The van der Waals surface area contributed by atoms with Crippen molar-refractivity contribution in [1.82, 2.24) is 14.5 Å². The van der Waals surface area contributed by atoms with Gasteiger partial charge < -0.3 is 16.6 Å². The molecule has 1 aromatic carbocycles. The molecule has 0 aliphatic rings. The average molecular weight is 469 g/mol. The van der Waals surface area contributed by atoms with Crippen LogP contribution in [0.3, 0.4) is 0 Å². The highest BCUT2D eigenvalue weighted by molar-refractivity contribution is 5.73. The summed E-state index contributed by atoms with van der Waals surface area (Å²) >= 11 is 0. The largest absolute Gasteiger partial charge is 0.398 e. The van der Waals surface area contributed by atoms with E-state index in [2.05, 4.69) is 9.97 Å². The van der Waals surface area contributed by atoms with Gasteiger partial charge in [-0.3, -0.25) is 4.57 Å². The van der Waals surface area contributed by atoms with E-state index in [4.69, 9.17) is 11.5 Å². The van der Waals surface area contributed by atoms with Crippen molar-refractivity contribution in [1.29, 1.82) is 0 Å². The molecule has 0 aliphatic heterocycles. The molecule has 5 N–H and O–H groups in total. The van der Waals surface area contributed by atoms with Crippen LogP contribution in [0.25, 0.3) is 16.9 Å². The number of benzene rings is 1. The van der Waals surface area contributed by atoms with Gasteiger partial charge in [0.05, 0.1) is 22.7 Å². The standard InChI is InChI=1S/C21H20F5N5O2/c1-20(2,33)14-15(23)17(12(9-27)21(24,25)26)30-16(10-3-5-11(22)6-4-10)18(14)31-8-7-13(28)29-19(31)32/h3-8,12,33H,9,27H2,1-2H3,(H2,28,29,32). The number of halogens is 5. The zero-order chi connectivity index (χ0) is 24.7. The summed E-state index contributed by atoms with van der Waals surface area (Å²) in [4.78, 5) is 20.0. The van der Waals surface area contributed by atoms with Crippen molar-refractivity contribution < 1.29 is 27.1 Å². The van der Waals surface area contributed by atoms with E-state index in [1.165, 1.54) is 18.2 Å². The Labute approximate surface area is 184 Å². The molecular formula is C21H20F5N5O2. The van der Waals surface area contributed by atoms with Gasteiger partial charge in [0.25, 0.3) is 0 Å². The Morgan fingerprint density at radius 3 is 2.18 bits per heavy atom. The zero-order valence-electron chi connectivity index (χ0n) is 17.5. The number of aromatic nitrogens is 3. The van der Waals surface area contributed by atoms with Gasteiger partial charge in [0, 0.05) is 23.9 Å². The van der Waals surface area contributed by atoms with Gasteiger partial charge in [-0.2, -0.15) is 18.2 Å². The summed E-state index contributed by atoms with van der Waals surface area (Å²) < 4.78 is 70.9. The zero-order valence-corrected chi connectivity index (χ0v) is 17.5. The summed E-state index contributed by atoms with van der Waals surface area (Å²) in [6.07, 6.45) is -3.84. The first-order chi connectivity index (χ1) is 15.3. The second kappa shape index (κ2) is 8.52. The molecule has 1 atom stereocenters. The highest BCUT2D eigenvalue weighted by Gasteiger charge is 2.44. The van der Waals surface area contributed by atoms with Crippen molar-refractivity contribution in [3.63, 3.8) is 0 Å². The number of nitrogen functional groups attached to an aromatic ring is 1. The van der Waals surface area contributed by atoms with Gasteiger partial charge in [-0.15, -0.1) is 0 Å². The van der Waals surface area contributed by atoms with Crippen LogP contribution in [0.5, 0.6) is 0 Å². The molecule has 1 unspecified atom stereocenters. The van der Waals surface area contributed by atoms with Gasteiger partial charge in [0.1, 0.15) is 17.6 Å². The van der Waals surface area contributed by atoms with Crippen molar-refractivity contribution in [3.8, 4) is 16.9 Å². The minimum absolute atomic E-state index is 0.0554. The molecule has 176 valence electrons. The second-order valence-electron chi connectivity index (χ2n) is 7.78. The number of rotatable bonds is 5. The van der Waals surface area contributed by atoms with Crippen molar-refractivity contribution in [2.24, 2.45) is 5.73 Å². The molecular weight excluding hydrogens is 449 g/mol. The van der Waals surface area contributed by atoms with E-state index in [1.54, 1.807) is 0 Å². The van der Waals surface area contributed by atoms with E-state index in [-0.39, 0.29) is 22.8 Å². The Morgan fingerprint density at radius 1 is 1.09 bits per heavy atom. The minimum Gasteiger partial charge on any atom is -0.386 e. The third-order valence-electron chi connectivity index (χ3n) is 4.89. The third-order valence-corrected chi connectivity index (χ3v) is 4.89. The Kier molecular flexibility index (Phi) is 6.27. The number of alkyl halides is 3. The molecule has 12 heteroatoms. The fourth-order valence-electron chi connectivity index (χ4n) is 3.39. The molecule has 0 radical (unpaired) electrons. The lowest BCUT2D eigenvalue weighted by Crippen LogP contribution is -2.33. The summed E-state index contributed by atoms with van der Waals surface area (Å²) in [5.74, 6) is -4.80. The first-order valence-corrected chi connectivity index (χ1v) is 9.60. The van der Waals surface area contributed by atoms with E-state index in [0.717, 1.165) is 36.7 Å². The van der Waals surface area contributed by atoms with Crippen molar-refractivity contribution >= 4 is 5.82 Å². The lowest BCUT2D eigenvalue weighted by Gasteiger charge is -2.28. The molecule has 7 nitrogen and oxygen atoms in total. The van der Waals surface area contributed by atoms with Crippen molar-refractivity contribution in [2.75, 3.05) is 12.3 Å². The predicted molar refractivity (Wildman–Crippen MR) is 110 cm³/mol. The summed E-state index contributed by atoms with van der Waals surface area (Å²) in [6, 6.07) is 5.62. The predicted octanol–water partition coefficient (Wildman–Crippen LogP) is 2.99. The highest BCUT2D eigenvalue weighted by atomic mass is 19.4. The first kappa shape index (κ1) is 24.3. The van der Waals surface area contributed by atoms with Crippen LogP contribution < -0.4 is 17.2 Å². The minimum atomic E-state index is -4.96. The summed E-state index contributed by atoms with van der Waals surface area (Å²) in [6.45, 7) is 1.24. The average Bonchev–Trinajstić information content (AvgIpc) is 2.68. The van der Waals surface area contributed by atoms with Crippen LogP contribution in [0.2, 0.25) is 0 Å². The van der Waals surface area contributed by atoms with Crippen molar-refractivity contribution in [3.05, 3.63) is 69.9 Å². The Morgan fingerprint density at radius 2 is 1.70 bits per heavy atom. The molecule has 2 heterocycles. The summed E-state index contributed by atoms with van der Waals surface area (Å²) in [5.41, 5.74) is 5.38. The molecule has 0 fully saturated rings. The Bertz CT molecular complexity index is 1230. The van der Waals surface area contributed by atoms with Gasteiger partial charge >= 0.3 is 11.9 Å². The van der Waals surface area contributed by atoms with E-state index >= 15 is 4.39 Å². The smallest absolute Gasteiger partial charge is 0.386 e. The van der Waals surface area contributed by atoms with E-state index < -0.39 is 52.8 Å². The lowest BCUT2D eigenvalue weighted by molar-refractivity contribution is -0.149. The SMILES string of the molecule is CC(C)(O)c1c(F)c(C(CN)C(F)(F)F)nc(-c2ccc(F)cc2)c1-n1ccc(N)nc1=O. The lowest BCUT2D eigenvalue weighted by atomic mass is 9.90. The molecule has 3 aromatic rings. The second-order valence-corrected chi connectivity index (χ2v) is 7.78. The maximum atomic E-state index is 15.7. The first-order valence-electron chi connectivity index (χ1n) is 9.60. The number of nitrogens with two attached hydrogens (primary N) is 2. The van der Waals surface area contributed by atoms with Gasteiger partial charge in [-0.05, 0) is 44.2 Å². The van der Waals surface area contributed by atoms with Crippen LogP contribution in [0.15, 0.2) is 41.3 Å². The number of nitrogens with zero attached hydrogens (tertiary/aromatic N) is 3. The normalized spacial score (nSPS) is 13.2. The molecule has 2 aromatic heterocycles. The number of hydrogen-bond donors (Lipinski definition) is 3. The summed E-state index contributed by atoms with van der Waals surface area (Å²) in [5, 5.41) is 10.8. The molecule has 0 bridgehead atoms. The van der Waals surface area contributed by atoms with Crippen LogP contribution in [0.4, 0.5) is 27.8 Å². The molecule has 0 saturated carbocycles. The van der Waals surface area contributed by atoms with Gasteiger partial charge in [0.15, 0.2) is 5.82 Å². The molecule has 3 rings (SSSR count). The number of hydrogen-bond acceptors (Lipinski definition) is 6. The number of aliphatic hydroxyl groups is 1. The highest BCUT2D eigenvalue weighted by Crippen LogP contribution is 2.41. The fourth-order valence-corrected chi connectivity index (χ4v) is 3.39. The Hall–Kier alpha value is -3.38. The maximum Gasteiger partial charge on any atom is 0.398 e. The molecule has 0 saturated heterocycles. The number of pyridine rings is 1. The van der Waals surface area contributed by atoms with E-state index in [1.807, 2.05) is 0 Å². The van der Waals surface area contributed by atoms with Gasteiger partial charge in [0.2, 0.25) is 0 Å². The van der Waals surface area contributed by atoms with Crippen LogP contribution in [0, 0.1) is 11.6 Å². The maximum absolute atomic E-state index is 15.7. The fraction of sp³-hybridized carbons (Fsp3) is 0.286.